The highest BCUT2D eigenvalue weighted by Crippen LogP contribution is 2.30. The number of benzene rings is 2. The second-order valence-corrected chi connectivity index (χ2v) is 11.0. The van der Waals surface area contributed by atoms with Gasteiger partial charge in [-0.05, 0) is 93.2 Å². The number of likely N-dealkylation sites (tertiary alicyclic amines) is 1. The number of ketones is 1. The monoisotopic (exact) mass is 527 g/mol. The second-order valence-electron chi connectivity index (χ2n) is 11.0. The molecule has 1 amide bonds. The fraction of sp³-hybridized carbons (Fsp3) is 0.387. The Kier molecular flexibility index (Phi) is 6.81. The van der Waals surface area contributed by atoms with Crippen molar-refractivity contribution in [3.8, 4) is 0 Å². The molecule has 0 saturated carbocycles. The molecule has 1 saturated heterocycles. The first-order valence-electron chi connectivity index (χ1n) is 13.9. The number of aromatic amines is 1. The first-order chi connectivity index (χ1) is 18.9. The Bertz CT molecular complexity index is 1510. The molecule has 2 aliphatic heterocycles. The smallest absolute Gasteiger partial charge is 0.254 e. The molecule has 0 spiro atoms. The van der Waals surface area contributed by atoms with Gasteiger partial charge in [-0.15, -0.1) is 0 Å². The van der Waals surface area contributed by atoms with Crippen LogP contribution in [0.2, 0.25) is 0 Å². The van der Waals surface area contributed by atoms with Gasteiger partial charge in [-0.25, -0.2) is 9.37 Å². The second kappa shape index (κ2) is 10.4. The lowest BCUT2D eigenvalue weighted by molar-refractivity contribution is -0.113. The number of rotatable bonds is 8. The number of aryl methyl sites for hydroxylation is 1. The van der Waals surface area contributed by atoms with E-state index in [1.165, 1.54) is 18.9 Å². The largest absolute Gasteiger partial charge is 0.382 e. The van der Waals surface area contributed by atoms with E-state index in [0.717, 1.165) is 48.4 Å². The van der Waals surface area contributed by atoms with Gasteiger partial charge in [0.1, 0.15) is 11.6 Å². The first-order valence-corrected chi connectivity index (χ1v) is 13.9. The maximum Gasteiger partial charge on any atom is 0.254 e. The molecule has 1 atom stereocenters. The van der Waals surface area contributed by atoms with E-state index in [2.05, 4.69) is 15.2 Å². The summed E-state index contributed by atoms with van der Waals surface area (Å²) >= 11 is 0. The molecule has 3 heterocycles. The molecule has 6 rings (SSSR count). The van der Waals surface area contributed by atoms with Crippen molar-refractivity contribution in [2.45, 2.75) is 52.1 Å². The number of H-pyrrole nitrogens is 1. The van der Waals surface area contributed by atoms with Gasteiger partial charge in [0, 0.05) is 43.4 Å². The summed E-state index contributed by atoms with van der Waals surface area (Å²) in [6, 6.07) is 8.64. The number of halogens is 1. The van der Waals surface area contributed by atoms with Gasteiger partial charge >= 0.3 is 0 Å². The van der Waals surface area contributed by atoms with E-state index in [1.807, 2.05) is 43.0 Å². The van der Waals surface area contributed by atoms with Crippen molar-refractivity contribution in [3.63, 3.8) is 0 Å². The van der Waals surface area contributed by atoms with E-state index in [-0.39, 0.29) is 23.5 Å². The normalized spacial score (nSPS) is 18.5. The van der Waals surface area contributed by atoms with Crippen LogP contribution in [0.25, 0.3) is 16.6 Å². The zero-order valence-corrected chi connectivity index (χ0v) is 22.5. The Morgan fingerprint density at radius 2 is 1.95 bits per heavy atom. The van der Waals surface area contributed by atoms with E-state index in [0.29, 0.717) is 47.6 Å². The number of hydrogen-bond donors (Lipinski definition) is 2. The van der Waals surface area contributed by atoms with Crippen molar-refractivity contribution in [2.75, 3.05) is 26.2 Å². The molecule has 1 fully saturated rings. The maximum absolute atomic E-state index is 13.8. The fourth-order valence-electron chi connectivity index (χ4n) is 5.95. The molecule has 0 unspecified atom stereocenters. The predicted octanol–water partition coefficient (Wildman–Crippen LogP) is 4.52. The van der Waals surface area contributed by atoms with Crippen LogP contribution in [0.4, 0.5) is 4.39 Å². The first kappa shape index (κ1) is 25.5. The lowest BCUT2D eigenvalue weighted by Gasteiger charge is -2.21. The van der Waals surface area contributed by atoms with Gasteiger partial charge in [-0.2, -0.15) is 0 Å². The van der Waals surface area contributed by atoms with Crippen LogP contribution in [0.15, 0.2) is 48.2 Å². The number of imidazole rings is 1. The number of hydrogen-bond acceptors (Lipinski definition) is 5. The number of Topliss-reactive ketones (excluding diaryl/α,β-unsaturated/α-hetero) is 1. The van der Waals surface area contributed by atoms with Gasteiger partial charge in [-0.1, -0.05) is 12.1 Å². The summed E-state index contributed by atoms with van der Waals surface area (Å²) in [6.07, 6.45) is 7.16. The van der Waals surface area contributed by atoms with Gasteiger partial charge in [0.2, 0.25) is 0 Å². The summed E-state index contributed by atoms with van der Waals surface area (Å²) in [5.74, 6) is 0.274. The van der Waals surface area contributed by atoms with E-state index in [4.69, 9.17) is 4.98 Å². The van der Waals surface area contributed by atoms with Crippen LogP contribution in [0.1, 0.15) is 59.1 Å². The highest BCUT2D eigenvalue weighted by Gasteiger charge is 2.30. The number of nitrogens with zero attached hydrogens (tertiary/aromatic N) is 3. The Balaban J connectivity index is 1.23. The third-order valence-corrected chi connectivity index (χ3v) is 8.08. The number of allylic oxidation sites excluding steroid dienone is 3. The average Bonchev–Trinajstić information content (AvgIpc) is 3.63. The molecule has 3 aromatic rings. The van der Waals surface area contributed by atoms with Crippen molar-refractivity contribution in [3.05, 3.63) is 82.1 Å². The van der Waals surface area contributed by atoms with E-state index in [1.54, 1.807) is 12.1 Å². The highest BCUT2D eigenvalue weighted by atomic mass is 19.1. The van der Waals surface area contributed by atoms with Crippen LogP contribution in [0.5, 0.6) is 0 Å². The number of aromatic nitrogens is 2. The van der Waals surface area contributed by atoms with E-state index in [9.17, 15) is 14.0 Å². The number of carbonyl (C=O) groups is 2. The van der Waals surface area contributed by atoms with Crippen LogP contribution in [0, 0.1) is 12.7 Å². The maximum atomic E-state index is 13.8. The van der Waals surface area contributed by atoms with Crippen LogP contribution >= 0.6 is 0 Å². The van der Waals surface area contributed by atoms with Crippen molar-refractivity contribution in [1.29, 1.82) is 0 Å². The lowest BCUT2D eigenvalue weighted by atomic mass is 9.98. The van der Waals surface area contributed by atoms with Gasteiger partial charge in [-0.3, -0.25) is 9.59 Å². The summed E-state index contributed by atoms with van der Waals surface area (Å²) in [6.45, 7) is 8.47. The van der Waals surface area contributed by atoms with Crippen LogP contribution < -0.4 is 5.32 Å². The van der Waals surface area contributed by atoms with Crippen molar-refractivity contribution in [2.24, 2.45) is 0 Å². The number of nitrogens with one attached hydrogen (secondary N) is 2. The molecule has 1 aromatic heterocycles. The van der Waals surface area contributed by atoms with Crippen LogP contribution in [-0.4, -0.2) is 63.7 Å². The molecular weight excluding hydrogens is 493 g/mol. The quantitative estimate of drug-likeness (QED) is 0.450. The molecule has 3 aliphatic rings. The highest BCUT2D eigenvalue weighted by molar-refractivity contribution is 6.22. The lowest BCUT2D eigenvalue weighted by Crippen LogP contribution is -2.33. The molecule has 2 N–H and O–H groups in total. The van der Waals surface area contributed by atoms with Gasteiger partial charge in [0.05, 0.1) is 16.6 Å². The van der Waals surface area contributed by atoms with E-state index >= 15 is 0 Å². The van der Waals surface area contributed by atoms with Gasteiger partial charge in [0.15, 0.2) is 5.78 Å². The Labute approximate surface area is 227 Å². The fourth-order valence-corrected chi connectivity index (χ4v) is 5.95. The number of carbonyl (C=O) groups excluding carboxylic acids is 2. The minimum absolute atomic E-state index is 0.0232. The molecular formula is C31H34FN5O2. The zero-order chi connectivity index (χ0) is 27.1. The summed E-state index contributed by atoms with van der Waals surface area (Å²) < 4.78 is 13.8. The average molecular weight is 528 g/mol. The van der Waals surface area contributed by atoms with Crippen LogP contribution in [0.3, 0.4) is 0 Å². The topological polar surface area (TPSA) is 81.3 Å². The molecule has 0 radical (unpaired) electrons. The molecule has 39 heavy (non-hydrogen) atoms. The molecule has 0 bridgehead atoms. The molecule has 8 heteroatoms. The number of fused-ring (bicyclic) bond motifs is 2. The zero-order valence-electron chi connectivity index (χ0n) is 22.5. The third kappa shape index (κ3) is 5.13. The Hall–Kier alpha value is -3.78. The summed E-state index contributed by atoms with van der Waals surface area (Å²) in [7, 11) is 0. The van der Waals surface area contributed by atoms with Crippen molar-refractivity contribution < 1.29 is 14.0 Å². The summed E-state index contributed by atoms with van der Waals surface area (Å²) in [5, 5.41) is 3.46. The standard InChI is InChI=1S/C31H34FN5O2/c1-19-8-9-23(32)15-21(19)14-20(2)33-25-6-5-7-28(38)29(25)30-34-26-16-22-18-37(13-12-36-10-3-4-11-36)31(39)24(22)17-27(26)35-30/h5-6,8-9,15-17,20,33H,3-4,7,10-14,18H2,1-2H3,(H,34,35)/t20-/m0/s1. The molecule has 202 valence electrons. The summed E-state index contributed by atoms with van der Waals surface area (Å²) in [4.78, 5) is 38.7. The molecule has 7 nitrogen and oxygen atoms in total. The van der Waals surface area contributed by atoms with Gasteiger partial charge < -0.3 is 20.1 Å². The minimum Gasteiger partial charge on any atom is -0.382 e. The van der Waals surface area contributed by atoms with Crippen LogP contribution in [-0.2, 0) is 17.8 Å². The predicted molar refractivity (Wildman–Crippen MR) is 150 cm³/mol. The van der Waals surface area contributed by atoms with Crippen molar-refractivity contribution >= 4 is 28.3 Å². The number of amides is 1. The summed E-state index contributed by atoms with van der Waals surface area (Å²) in [5.41, 5.74) is 6.35. The Morgan fingerprint density at radius 3 is 2.77 bits per heavy atom. The van der Waals surface area contributed by atoms with Gasteiger partial charge in [0.25, 0.3) is 5.91 Å². The minimum atomic E-state index is -0.252. The molecule has 1 aliphatic carbocycles. The van der Waals surface area contributed by atoms with Crippen molar-refractivity contribution in [1.82, 2.24) is 25.1 Å². The SMILES string of the molecule is Cc1ccc(F)cc1C[C@H](C)NC1=C(c2nc3cc4c(cc3[nH]2)CN(CCN2CCCC2)C4=O)C(=O)CC=C1. The third-order valence-electron chi connectivity index (χ3n) is 8.08. The molecule has 2 aromatic carbocycles. The van der Waals surface area contributed by atoms with E-state index < -0.39 is 0 Å². The Morgan fingerprint density at radius 1 is 1.13 bits per heavy atom.